The molecule has 2 aliphatic carbocycles. The van der Waals surface area contributed by atoms with Gasteiger partial charge < -0.3 is 19.7 Å². The van der Waals surface area contributed by atoms with Crippen LogP contribution in [0.25, 0.3) is 0 Å². The van der Waals surface area contributed by atoms with Crippen LogP contribution >= 0.6 is 11.6 Å². The van der Waals surface area contributed by atoms with Gasteiger partial charge in [0.2, 0.25) is 29.4 Å². The van der Waals surface area contributed by atoms with Crippen molar-refractivity contribution in [1.82, 2.24) is 4.90 Å². The summed E-state index contributed by atoms with van der Waals surface area (Å²) in [5.74, 6) is -7.67. The Morgan fingerprint density at radius 2 is 1.72 bits per heavy atom. The summed E-state index contributed by atoms with van der Waals surface area (Å²) in [6.07, 6.45) is 2.07. The Balaban J connectivity index is 1.49. The number of methoxy groups -OCH3 is 2. The van der Waals surface area contributed by atoms with Gasteiger partial charge in [-0.3, -0.25) is 28.9 Å². The lowest BCUT2D eigenvalue weighted by atomic mass is 9.51. The lowest BCUT2D eigenvalue weighted by Gasteiger charge is -2.49. The second-order valence-corrected chi connectivity index (χ2v) is 12.8. The van der Waals surface area contributed by atoms with Crippen LogP contribution in [0.15, 0.2) is 42.0 Å². The molecule has 6 rings (SSSR count). The number of hydrogen-bond acceptors (Lipinski definition) is 8. The topological polar surface area (TPSA) is 151 Å². The van der Waals surface area contributed by atoms with E-state index < -0.39 is 64.5 Å². The first kappa shape index (κ1) is 31.5. The predicted molar refractivity (Wildman–Crippen MR) is 161 cm³/mol. The number of aromatic hydroxyl groups is 1. The van der Waals surface area contributed by atoms with E-state index in [1.54, 1.807) is 19.1 Å². The standard InChI is InChI=1S/C33H32ClFN2O9/c1-33-20(30(42)37(32(33)44)16-6-9-22(35)21(34)13-16)14-19-17(27(33)15-11-23(45-2)28(40)24(12-15)46-3)7-8-18-26(19)31(43)36(29(18)41)10-4-5-25(38)39/h6-7,9,11-13,18-20,26-27,40H,4-5,8,10,14H2,1-3H3,(H,38,39). The van der Waals surface area contributed by atoms with E-state index in [1.165, 1.54) is 26.4 Å². The van der Waals surface area contributed by atoms with E-state index in [-0.39, 0.29) is 66.1 Å². The number of likely N-dealkylation sites (tertiary alicyclic amines) is 1. The summed E-state index contributed by atoms with van der Waals surface area (Å²) in [6.45, 7) is 1.65. The third kappa shape index (κ3) is 4.56. The lowest BCUT2D eigenvalue weighted by Crippen LogP contribution is -2.48. The van der Waals surface area contributed by atoms with Crippen molar-refractivity contribution >= 4 is 46.9 Å². The van der Waals surface area contributed by atoms with Crippen molar-refractivity contribution in [3.63, 3.8) is 0 Å². The average Bonchev–Trinajstić information content (AvgIpc) is 3.38. The quantitative estimate of drug-likeness (QED) is 0.314. The third-order valence-electron chi connectivity index (χ3n) is 10.1. The molecule has 2 N–H and O–H groups in total. The molecule has 4 aliphatic rings. The number of halogens is 2. The monoisotopic (exact) mass is 654 g/mol. The smallest absolute Gasteiger partial charge is 0.303 e. The van der Waals surface area contributed by atoms with Gasteiger partial charge in [0.1, 0.15) is 5.82 Å². The molecule has 13 heteroatoms. The Morgan fingerprint density at radius 3 is 2.33 bits per heavy atom. The van der Waals surface area contributed by atoms with Crippen LogP contribution in [-0.2, 0) is 24.0 Å². The van der Waals surface area contributed by atoms with Gasteiger partial charge >= 0.3 is 5.97 Å². The lowest BCUT2D eigenvalue weighted by molar-refractivity contribution is -0.142. The molecule has 242 valence electrons. The molecule has 4 amide bonds. The van der Waals surface area contributed by atoms with Crippen molar-refractivity contribution in [3.8, 4) is 17.2 Å². The van der Waals surface area contributed by atoms with Gasteiger partial charge in [-0.15, -0.1) is 0 Å². The van der Waals surface area contributed by atoms with Crippen molar-refractivity contribution < 1.29 is 48.0 Å². The molecule has 2 saturated heterocycles. The minimum absolute atomic E-state index is 0.0352. The first-order valence-electron chi connectivity index (χ1n) is 14.9. The maximum Gasteiger partial charge on any atom is 0.303 e. The zero-order chi connectivity index (χ0) is 33.2. The molecule has 11 nitrogen and oxygen atoms in total. The van der Waals surface area contributed by atoms with Crippen LogP contribution in [-0.4, -0.2) is 65.5 Å². The highest BCUT2D eigenvalue weighted by molar-refractivity contribution is 6.31. The number of phenolic OH excluding ortho intramolecular Hbond substituents is 1. The zero-order valence-corrected chi connectivity index (χ0v) is 26.0. The van der Waals surface area contributed by atoms with Crippen molar-refractivity contribution in [2.75, 3.05) is 25.7 Å². The molecule has 2 heterocycles. The van der Waals surface area contributed by atoms with Gasteiger partial charge in [-0.05, 0) is 68.0 Å². The number of allylic oxidation sites excluding steroid dienone is 2. The van der Waals surface area contributed by atoms with Crippen LogP contribution in [0.2, 0.25) is 5.02 Å². The number of fused-ring (bicyclic) bond motifs is 4. The van der Waals surface area contributed by atoms with Crippen LogP contribution in [0.4, 0.5) is 10.1 Å². The van der Waals surface area contributed by atoms with E-state index in [0.29, 0.717) is 11.1 Å². The summed E-state index contributed by atoms with van der Waals surface area (Å²) in [7, 11) is 2.73. The number of carboxylic acid groups (broad SMARTS) is 1. The number of anilines is 1. The number of ether oxygens (including phenoxy) is 2. The van der Waals surface area contributed by atoms with Gasteiger partial charge in [-0.2, -0.15) is 0 Å². The first-order valence-corrected chi connectivity index (χ1v) is 15.3. The summed E-state index contributed by atoms with van der Waals surface area (Å²) < 4.78 is 24.9. The summed E-state index contributed by atoms with van der Waals surface area (Å²) in [4.78, 5) is 69.3. The van der Waals surface area contributed by atoms with E-state index in [1.807, 2.05) is 6.08 Å². The van der Waals surface area contributed by atoms with E-state index in [4.69, 9.17) is 26.2 Å². The van der Waals surface area contributed by atoms with Gasteiger partial charge in [0.05, 0.1) is 48.1 Å². The molecule has 3 fully saturated rings. The fraction of sp³-hybridized carbons (Fsp3) is 0.424. The van der Waals surface area contributed by atoms with Gasteiger partial charge in [-0.25, -0.2) is 9.29 Å². The number of aliphatic carboxylic acids is 1. The van der Waals surface area contributed by atoms with Crippen molar-refractivity contribution in [2.45, 2.75) is 38.5 Å². The normalized spacial score (nSPS) is 28.5. The highest BCUT2D eigenvalue weighted by Crippen LogP contribution is 2.64. The Labute approximate surface area is 268 Å². The molecular weight excluding hydrogens is 623 g/mol. The SMILES string of the molecule is COc1cc(C2C3=CCC4C(=O)N(CCCC(=O)O)C(=O)C4C3CC3C(=O)N(c4ccc(F)c(Cl)c4)C(=O)C32C)cc(OC)c1O. The second-order valence-electron chi connectivity index (χ2n) is 12.4. The number of phenols is 1. The highest BCUT2D eigenvalue weighted by Gasteiger charge is 2.67. The maximum absolute atomic E-state index is 14.5. The van der Waals surface area contributed by atoms with Crippen LogP contribution < -0.4 is 14.4 Å². The summed E-state index contributed by atoms with van der Waals surface area (Å²) in [5, 5.41) is 19.5. The van der Waals surface area contributed by atoms with E-state index in [0.717, 1.165) is 15.9 Å². The molecule has 2 aromatic rings. The number of carboxylic acids is 1. The Bertz CT molecular complexity index is 1700. The van der Waals surface area contributed by atoms with Crippen LogP contribution in [0.1, 0.15) is 44.1 Å². The van der Waals surface area contributed by atoms with Crippen molar-refractivity contribution in [2.24, 2.45) is 29.1 Å². The third-order valence-corrected chi connectivity index (χ3v) is 10.4. The number of nitrogens with zero attached hydrogens (tertiary/aromatic N) is 2. The fourth-order valence-electron chi connectivity index (χ4n) is 8.02. The van der Waals surface area contributed by atoms with Crippen molar-refractivity contribution in [1.29, 1.82) is 0 Å². The molecule has 6 unspecified atom stereocenters. The number of benzene rings is 2. The predicted octanol–water partition coefficient (Wildman–Crippen LogP) is 4.30. The second kappa shape index (κ2) is 11.4. The molecule has 0 spiro atoms. The average molecular weight is 655 g/mol. The highest BCUT2D eigenvalue weighted by atomic mass is 35.5. The largest absolute Gasteiger partial charge is 0.502 e. The number of carbonyl (C=O) groups excluding carboxylic acids is 4. The molecule has 2 aliphatic heterocycles. The fourth-order valence-corrected chi connectivity index (χ4v) is 8.19. The summed E-state index contributed by atoms with van der Waals surface area (Å²) >= 11 is 6.05. The van der Waals surface area contributed by atoms with Crippen LogP contribution in [0.5, 0.6) is 17.2 Å². The maximum atomic E-state index is 14.5. The van der Waals surface area contributed by atoms with Gasteiger partial charge in [-0.1, -0.05) is 23.3 Å². The molecular formula is C33H32ClFN2O9. The Morgan fingerprint density at radius 1 is 1.04 bits per heavy atom. The molecule has 0 bridgehead atoms. The van der Waals surface area contributed by atoms with E-state index >= 15 is 0 Å². The molecule has 0 aromatic heterocycles. The molecule has 46 heavy (non-hydrogen) atoms. The van der Waals surface area contributed by atoms with Gasteiger partial charge in [0.15, 0.2) is 11.5 Å². The zero-order valence-electron chi connectivity index (χ0n) is 25.3. The van der Waals surface area contributed by atoms with E-state index in [9.17, 15) is 33.5 Å². The van der Waals surface area contributed by atoms with Gasteiger partial charge in [0.25, 0.3) is 0 Å². The van der Waals surface area contributed by atoms with E-state index in [2.05, 4.69) is 0 Å². The first-order chi connectivity index (χ1) is 21.8. The minimum atomic E-state index is -1.41. The minimum Gasteiger partial charge on any atom is -0.502 e. The Kier molecular flexibility index (Phi) is 7.82. The van der Waals surface area contributed by atoms with Crippen LogP contribution in [0, 0.1) is 34.9 Å². The Hall–Kier alpha value is -4.45. The number of carbonyl (C=O) groups is 5. The molecule has 2 aromatic carbocycles. The molecule has 6 atom stereocenters. The number of amides is 4. The summed E-state index contributed by atoms with van der Waals surface area (Å²) in [5.41, 5.74) is -0.122. The molecule has 0 radical (unpaired) electrons. The van der Waals surface area contributed by atoms with Gasteiger partial charge in [0, 0.05) is 18.9 Å². The van der Waals surface area contributed by atoms with Crippen LogP contribution in [0.3, 0.4) is 0 Å². The van der Waals surface area contributed by atoms with Crippen molar-refractivity contribution in [3.05, 3.63) is 58.4 Å². The summed E-state index contributed by atoms with van der Waals surface area (Å²) in [6, 6.07) is 6.72. The molecule has 1 saturated carbocycles. The number of hydrogen-bond donors (Lipinski definition) is 2. The number of imide groups is 2. The number of rotatable bonds is 8.